The molecule has 0 bridgehead atoms. The molecule has 1 saturated heterocycles. The van der Waals surface area contributed by atoms with Gasteiger partial charge in [-0.2, -0.15) is 0 Å². The molecule has 9 heteroatoms. The number of amides is 1. The molecule has 0 aromatic heterocycles. The fraction of sp³-hybridized carbons (Fsp3) is 0.105. The Morgan fingerprint density at radius 2 is 1.82 bits per heavy atom. The summed E-state index contributed by atoms with van der Waals surface area (Å²) in [4.78, 5) is 28.0. The van der Waals surface area contributed by atoms with E-state index in [9.17, 15) is 9.59 Å². The topological polar surface area (TPSA) is 97.2 Å². The van der Waals surface area contributed by atoms with Gasteiger partial charge in [-0.25, -0.2) is 9.79 Å². The van der Waals surface area contributed by atoms with E-state index in [1.54, 1.807) is 44.6 Å². The second-order valence-corrected chi connectivity index (χ2v) is 7.45. The number of thioether (sulfide) groups is 1. The van der Waals surface area contributed by atoms with E-state index in [4.69, 9.17) is 14.6 Å². The highest BCUT2D eigenvalue weighted by molar-refractivity contribution is 9.10. The van der Waals surface area contributed by atoms with Crippen LogP contribution in [-0.4, -0.2) is 36.4 Å². The second-order valence-electron chi connectivity index (χ2n) is 5.56. The van der Waals surface area contributed by atoms with Crippen molar-refractivity contribution in [2.75, 3.05) is 14.2 Å². The third-order valence-corrected chi connectivity index (χ3v) is 5.38. The lowest BCUT2D eigenvalue weighted by atomic mass is 10.2. The molecular formula is C19H15BrN2O5S. The van der Waals surface area contributed by atoms with Gasteiger partial charge in [0.05, 0.1) is 30.4 Å². The predicted octanol–water partition coefficient (Wildman–Crippen LogP) is 4.06. The number of amidine groups is 1. The minimum atomic E-state index is -1.01. The Hall–Kier alpha value is -2.78. The molecule has 0 saturated carbocycles. The van der Waals surface area contributed by atoms with Crippen molar-refractivity contribution in [1.29, 1.82) is 0 Å². The summed E-state index contributed by atoms with van der Waals surface area (Å²) < 4.78 is 11.3. The number of carboxylic acid groups (broad SMARTS) is 1. The molecule has 1 fully saturated rings. The average molecular weight is 463 g/mol. The predicted molar refractivity (Wildman–Crippen MR) is 111 cm³/mol. The number of hydrogen-bond acceptors (Lipinski definition) is 6. The van der Waals surface area contributed by atoms with Crippen molar-refractivity contribution >= 4 is 56.5 Å². The number of carboxylic acids is 1. The van der Waals surface area contributed by atoms with E-state index in [1.807, 2.05) is 0 Å². The summed E-state index contributed by atoms with van der Waals surface area (Å²) in [6, 6.07) is 9.61. The van der Waals surface area contributed by atoms with Crippen molar-refractivity contribution in [3.05, 3.63) is 56.9 Å². The van der Waals surface area contributed by atoms with Crippen molar-refractivity contribution in [2.24, 2.45) is 4.99 Å². The van der Waals surface area contributed by atoms with E-state index in [-0.39, 0.29) is 11.5 Å². The van der Waals surface area contributed by atoms with Crippen LogP contribution in [0, 0.1) is 0 Å². The van der Waals surface area contributed by atoms with Gasteiger partial charge >= 0.3 is 5.97 Å². The molecule has 28 heavy (non-hydrogen) atoms. The van der Waals surface area contributed by atoms with Gasteiger partial charge in [0.15, 0.2) is 16.7 Å². The second kappa shape index (κ2) is 8.49. The normalized spacial score (nSPS) is 16.3. The quantitative estimate of drug-likeness (QED) is 0.650. The van der Waals surface area contributed by atoms with Gasteiger partial charge in [-0.1, -0.05) is 15.9 Å². The van der Waals surface area contributed by atoms with Gasteiger partial charge in [0, 0.05) is 4.47 Å². The molecule has 7 nitrogen and oxygen atoms in total. The summed E-state index contributed by atoms with van der Waals surface area (Å²) in [6.07, 6.45) is 1.72. The average Bonchev–Trinajstić information content (AvgIpc) is 3.02. The Morgan fingerprint density at radius 1 is 1.18 bits per heavy atom. The summed E-state index contributed by atoms with van der Waals surface area (Å²) in [7, 11) is 3.09. The zero-order valence-corrected chi connectivity index (χ0v) is 17.3. The summed E-state index contributed by atoms with van der Waals surface area (Å²) in [6.45, 7) is 0. The van der Waals surface area contributed by atoms with Crippen LogP contribution in [0.4, 0.5) is 5.69 Å². The lowest BCUT2D eigenvalue weighted by Crippen LogP contribution is -2.19. The molecule has 1 aliphatic heterocycles. The number of carbonyl (C=O) groups is 2. The first kappa shape index (κ1) is 20.0. The number of nitrogens with one attached hydrogen (secondary N) is 1. The SMILES string of the molecule is COc1cc(Br)c(C=C2SC(=Nc3ccc(C(=O)O)cc3)NC2=O)cc1OC. The number of halogens is 1. The van der Waals surface area contributed by atoms with Crippen molar-refractivity contribution in [3.63, 3.8) is 0 Å². The van der Waals surface area contributed by atoms with Crippen LogP contribution in [0.1, 0.15) is 15.9 Å². The standard InChI is InChI=1S/C19H15BrN2O5S/c1-26-14-7-11(13(20)9-15(14)27-2)8-16-17(23)22-19(28-16)21-12-5-3-10(4-6-12)18(24)25/h3-9H,1-2H3,(H,24,25)(H,21,22,23). The maximum Gasteiger partial charge on any atom is 0.335 e. The summed E-state index contributed by atoms with van der Waals surface area (Å²) in [5.74, 6) is -0.151. The molecule has 1 aliphatic rings. The maximum absolute atomic E-state index is 12.3. The van der Waals surface area contributed by atoms with Gasteiger partial charge in [-0.3, -0.25) is 4.79 Å². The Balaban J connectivity index is 1.85. The molecule has 0 unspecified atom stereocenters. The number of ether oxygens (including phenoxy) is 2. The minimum absolute atomic E-state index is 0.172. The summed E-state index contributed by atoms with van der Waals surface area (Å²) >= 11 is 4.66. The highest BCUT2D eigenvalue weighted by Crippen LogP contribution is 2.36. The number of aliphatic imine (C=N–C) groups is 1. The fourth-order valence-electron chi connectivity index (χ4n) is 2.40. The van der Waals surface area contributed by atoms with Gasteiger partial charge in [0.2, 0.25) is 0 Å². The van der Waals surface area contributed by atoms with E-state index in [0.29, 0.717) is 27.3 Å². The fourth-order valence-corrected chi connectivity index (χ4v) is 3.67. The molecule has 3 rings (SSSR count). The highest BCUT2D eigenvalue weighted by Gasteiger charge is 2.24. The number of benzene rings is 2. The third-order valence-electron chi connectivity index (χ3n) is 3.79. The van der Waals surface area contributed by atoms with E-state index >= 15 is 0 Å². The molecule has 0 spiro atoms. The molecule has 2 aromatic rings. The summed E-state index contributed by atoms with van der Waals surface area (Å²) in [5, 5.41) is 12.0. The number of nitrogens with zero attached hydrogens (tertiary/aromatic N) is 1. The maximum atomic E-state index is 12.3. The first-order valence-corrected chi connectivity index (χ1v) is 9.56. The third kappa shape index (κ3) is 4.37. The van der Waals surface area contributed by atoms with Crippen LogP contribution in [0.25, 0.3) is 6.08 Å². The number of carbonyl (C=O) groups excluding carboxylic acids is 1. The van der Waals surface area contributed by atoms with E-state index in [0.717, 1.165) is 10.0 Å². The number of aromatic carboxylic acids is 1. The molecule has 0 aliphatic carbocycles. The Kier molecular flexibility index (Phi) is 6.05. The minimum Gasteiger partial charge on any atom is -0.493 e. The van der Waals surface area contributed by atoms with Crippen LogP contribution in [0.15, 0.2) is 50.8 Å². The lowest BCUT2D eigenvalue weighted by Gasteiger charge is -2.10. The molecule has 0 atom stereocenters. The largest absolute Gasteiger partial charge is 0.493 e. The van der Waals surface area contributed by atoms with Gasteiger partial charge < -0.3 is 19.9 Å². The first-order valence-electron chi connectivity index (χ1n) is 7.95. The molecule has 1 heterocycles. The van der Waals surface area contributed by atoms with Crippen molar-refractivity contribution in [1.82, 2.24) is 5.32 Å². The van der Waals surface area contributed by atoms with Crippen LogP contribution < -0.4 is 14.8 Å². The van der Waals surface area contributed by atoms with Gasteiger partial charge in [0.25, 0.3) is 5.91 Å². The molecule has 2 N–H and O–H groups in total. The Morgan fingerprint density at radius 3 is 2.43 bits per heavy atom. The van der Waals surface area contributed by atoms with Crippen molar-refractivity contribution < 1.29 is 24.2 Å². The van der Waals surface area contributed by atoms with Crippen LogP contribution in [0.2, 0.25) is 0 Å². The monoisotopic (exact) mass is 462 g/mol. The molecule has 0 radical (unpaired) electrons. The van der Waals surface area contributed by atoms with Crippen LogP contribution in [-0.2, 0) is 4.79 Å². The van der Waals surface area contributed by atoms with Crippen molar-refractivity contribution in [3.8, 4) is 11.5 Å². The molecule has 1 amide bonds. The van der Waals surface area contributed by atoms with E-state index in [2.05, 4.69) is 26.2 Å². The first-order chi connectivity index (χ1) is 13.4. The van der Waals surface area contributed by atoms with E-state index in [1.165, 1.54) is 23.9 Å². The van der Waals surface area contributed by atoms with Gasteiger partial charge in [-0.15, -0.1) is 0 Å². The molecular weight excluding hydrogens is 448 g/mol. The van der Waals surface area contributed by atoms with Crippen molar-refractivity contribution in [2.45, 2.75) is 0 Å². The zero-order valence-electron chi connectivity index (χ0n) is 14.9. The van der Waals surface area contributed by atoms with Crippen LogP contribution >= 0.6 is 27.7 Å². The Labute approximate surface area is 173 Å². The molecule has 144 valence electrons. The molecule has 2 aromatic carbocycles. The number of hydrogen-bond donors (Lipinski definition) is 2. The van der Waals surface area contributed by atoms with E-state index < -0.39 is 5.97 Å². The van der Waals surface area contributed by atoms with Crippen LogP contribution in [0.3, 0.4) is 0 Å². The number of rotatable bonds is 5. The number of methoxy groups -OCH3 is 2. The van der Waals surface area contributed by atoms with Gasteiger partial charge in [0.1, 0.15) is 0 Å². The Bertz CT molecular complexity index is 1000. The smallest absolute Gasteiger partial charge is 0.335 e. The lowest BCUT2D eigenvalue weighted by molar-refractivity contribution is -0.115. The highest BCUT2D eigenvalue weighted by atomic mass is 79.9. The summed E-state index contributed by atoms with van der Waals surface area (Å²) in [5.41, 5.74) is 1.47. The van der Waals surface area contributed by atoms with Crippen LogP contribution in [0.5, 0.6) is 11.5 Å². The van der Waals surface area contributed by atoms with Gasteiger partial charge in [-0.05, 0) is 59.8 Å². The zero-order chi connectivity index (χ0) is 20.3.